The van der Waals surface area contributed by atoms with Crippen molar-refractivity contribution in [3.05, 3.63) is 117 Å². The number of ketones is 1. The fourth-order valence-corrected chi connectivity index (χ4v) is 7.14. The number of likely N-dealkylation sites (tertiary alicyclic amines) is 1. The third kappa shape index (κ3) is 5.53. The zero-order chi connectivity index (χ0) is 28.6. The van der Waals surface area contributed by atoms with Gasteiger partial charge in [0, 0.05) is 42.5 Å². The van der Waals surface area contributed by atoms with Crippen molar-refractivity contribution in [3.8, 4) is 0 Å². The topological polar surface area (TPSA) is 40.6 Å². The zero-order valence-electron chi connectivity index (χ0n) is 23.3. The molecule has 1 unspecified atom stereocenters. The van der Waals surface area contributed by atoms with E-state index >= 15 is 0 Å². The molecule has 4 nitrogen and oxygen atoms in total. The number of piperidine rings is 1. The predicted molar refractivity (Wildman–Crippen MR) is 167 cm³/mol. The van der Waals surface area contributed by atoms with E-state index in [0.717, 1.165) is 60.8 Å². The first-order chi connectivity index (χ1) is 19.8. The number of carbonyl (C=O) groups excluding carboxylic acids is 2. The summed E-state index contributed by atoms with van der Waals surface area (Å²) in [6.07, 6.45) is 3.50. The van der Waals surface area contributed by atoms with Crippen LogP contribution in [0.2, 0.25) is 10.0 Å². The standard InChI is InChI=1S/C35H34Cl2N2O2/c1-38(34(41)28-11-6-8-24-7-2-3-9-27(24)28)23-26(25-13-14-31(36)32(37)21-25)15-18-39-19-16-35(17-20-39)22-33(40)29-10-4-5-12-30(29)35/h2-14,21,26H,15-20,22-23H2,1H3. The minimum absolute atomic E-state index is 0.0105. The molecule has 0 aromatic heterocycles. The largest absolute Gasteiger partial charge is 0.341 e. The molecule has 1 heterocycles. The lowest BCUT2D eigenvalue weighted by atomic mass is 9.73. The second-order valence-electron chi connectivity index (χ2n) is 11.6. The fourth-order valence-electron chi connectivity index (χ4n) is 6.84. The number of hydrogen-bond acceptors (Lipinski definition) is 3. The van der Waals surface area contributed by atoms with Crippen molar-refractivity contribution < 1.29 is 9.59 Å². The Hall–Kier alpha value is -3.18. The summed E-state index contributed by atoms with van der Waals surface area (Å²) in [5.41, 5.74) is 3.94. The minimum Gasteiger partial charge on any atom is -0.341 e. The van der Waals surface area contributed by atoms with Crippen molar-refractivity contribution in [1.29, 1.82) is 0 Å². The lowest BCUT2D eigenvalue weighted by Gasteiger charge is -2.40. The van der Waals surface area contributed by atoms with Crippen LogP contribution in [0.5, 0.6) is 0 Å². The monoisotopic (exact) mass is 584 g/mol. The SMILES string of the molecule is CN(CC(CCN1CCC2(CC1)CC(=O)c1ccccc12)c1ccc(Cl)c(Cl)c1)C(=O)c1cccc2ccccc12. The molecule has 1 saturated heterocycles. The number of amides is 1. The van der Waals surface area contributed by atoms with E-state index in [1.807, 2.05) is 84.7 Å². The van der Waals surface area contributed by atoms with Gasteiger partial charge in [-0.25, -0.2) is 0 Å². The van der Waals surface area contributed by atoms with Crippen molar-refractivity contribution in [2.75, 3.05) is 33.2 Å². The second kappa shape index (κ2) is 11.6. The van der Waals surface area contributed by atoms with E-state index in [4.69, 9.17) is 23.2 Å². The maximum atomic E-state index is 13.7. The van der Waals surface area contributed by atoms with Gasteiger partial charge in [-0.15, -0.1) is 0 Å². The number of nitrogens with zero attached hydrogens (tertiary/aromatic N) is 2. The smallest absolute Gasteiger partial charge is 0.254 e. The van der Waals surface area contributed by atoms with Crippen LogP contribution in [0.4, 0.5) is 0 Å². The Labute approximate surface area is 251 Å². The molecule has 2 aliphatic rings. The molecular weight excluding hydrogens is 551 g/mol. The first-order valence-electron chi connectivity index (χ1n) is 14.4. The summed E-state index contributed by atoms with van der Waals surface area (Å²) in [6, 6.07) is 27.9. The van der Waals surface area contributed by atoms with E-state index in [0.29, 0.717) is 28.6 Å². The van der Waals surface area contributed by atoms with Crippen LogP contribution in [0.15, 0.2) is 84.9 Å². The second-order valence-corrected chi connectivity index (χ2v) is 12.5. The van der Waals surface area contributed by atoms with Gasteiger partial charge < -0.3 is 9.80 Å². The van der Waals surface area contributed by atoms with Crippen molar-refractivity contribution in [1.82, 2.24) is 9.80 Å². The average Bonchev–Trinajstić information content (AvgIpc) is 3.27. The first kappa shape index (κ1) is 28.0. The predicted octanol–water partition coefficient (Wildman–Crippen LogP) is 8.01. The van der Waals surface area contributed by atoms with Crippen LogP contribution in [0.3, 0.4) is 0 Å². The maximum absolute atomic E-state index is 13.7. The van der Waals surface area contributed by atoms with Gasteiger partial charge in [-0.05, 0) is 79.0 Å². The highest BCUT2D eigenvalue weighted by atomic mass is 35.5. The summed E-state index contributed by atoms with van der Waals surface area (Å²) in [5.74, 6) is 0.391. The molecule has 1 amide bonds. The van der Waals surface area contributed by atoms with Gasteiger partial charge in [0.15, 0.2) is 5.78 Å². The summed E-state index contributed by atoms with van der Waals surface area (Å²) in [5, 5.41) is 3.08. The molecule has 4 aromatic rings. The number of fused-ring (bicyclic) bond motifs is 3. The highest BCUT2D eigenvalue weighted by Crippen LogP contribution is 2.46. The summed E-state index contributed by atoms with van der Waals surface area (Å²) in [6.45, 7) is 3.40. The molecule has 41 heavy (non-hydrogen) atoms. The number of Topliss-reactive ketones (excluding diaryl/α,β-unsaturated/α-hetero) is 1. The van der Waals surface area contributed by atoms with Crippen LogP contribution >= 0.6 is 23.2 Å². The highest BCUT2D eigenvalue weighted by molar-refractivity contribution is 6.42. The number of benzene rings is 4. The molecule has 0 N–H and O–H groups in total. The lowest BCUT2D eigenvalue weighted by Crippen LogP contribution is -2.42. The Morgan fingerprint density at radius 3 is 2.46 bits per heavy atom. The van der Waals surface area contributed by atoms with Gasteiger partial charge in [0.05, 0.1) is 10.0 Å². The Morgan fingerprint density at radius 2 is 1.66 bits per heavy atom. The summed E-state index contributed by atoms with van der Waals surface area (Å²) in [7, 11) is 1.88. The normalized spacial score (nSPS) is 17.1. The van der Waals surface area contributed by atoms with E-state index in [2.05, 4.69) is 17.0 Å². The van der Waals surface area contributed by atoms with E-state index in [9.17, 15) is 9.59 Å². The summed E-state index contributed by atoms with van der Waals surface area (Å²) in [4.78, 5) is 30.7. The maximum Gasteiger partial charge on any atom is 0.254 e. The molecule has 4 aromatic carbocycles. The Kier molecular flexibility index (Phi) is 7.91. The summed E-state index contributed by atoms with van der Waals surface area (Å²) >= 11 is 12.7. The molecule has 1 fully saturated rings. The third-order valence-electron chi connectivity index (χ3n) is 9.18. The van der Waals surface area contributed by atoms with Crippen molar-refractivity contribution in [3.63, 3.8) is 0 Å². The van der Waals surface area contributed by atoms with Gasteiger partial charge in [-0.2, -0.15) is 0 Å². The summed E-state index contributed by atoms with van der Waals surface area (Å²) < 4.78 is 0. The fraction of sp³-hybridized carbons (Fsp3) is 0.314. The molecule has 0 radical (unpaired) electrons. The Balaban J connectivity index is 1.17. The molecule has 1 spiro atoms. The van der Waals surface area contributed by atoms with Gasteiger partial charge in [-0.3, -0.25) is 9.59 Å². The van der Waals surface area contributed by atoms with Crippen LogP contribution in [-0.4, -0.2) is 54.7 Å². The number of hydrogen-bond donors (Lipinski definition) is 0. The van der Waals surface area contributed by atoms with E-state index in [1.165, 1.54) is 5.56 Å². The molecule has 1 atom stereocenters. The number of likely N-dealkylation sites (N-methyl/N-ethyl adjacent to an activating group) is 1. The number of rotatable bonds is 7. The molecule has 6 heteroatoms. The van der Waals surface area contributed by atoms with Crippen LogP contribution in [0.1, 0.15) is 63.4 Å². The molecule has 1 aliphatic carbocycles. The van der Waals surface area contributed by atoms with Crippen molar-refractivity contribution >= 4 is 45.7 Å². The van der Waals surface area contributed by atoms with Gasteiger partial charge >= 0.3 is 0 Å². The van der Waals surface area contributed by atoms with Crippen LogP contribution < -0.4 is 0 Å². The average molecular weight is 586 g/mol. The Morgan fingerprint density at radius 1 is 0.927 bits per heavy atom. The van der Waals surface area contributed by atoms with Crippen LogP contribution in [-0.2, 0) is 5.41 Å². The lowest BCUT2D eigenvalue weighted by molar-refractivity contribution is 0.0780. The number of carbonyl (C=O) groups is 2. The first-order valence-corrected chi connectivity index (χ1v) is 15.1. The molecule has 6 rings (SSSR count). The highest BCUT2D eigenvalue weighted by Gasteiger charge is 2.44. The molecule has 210 valence electrons. The molecule has 1 aliphatic heterocycles. The zero-order valence-corrected chi connectivity index (χ0v) is 24.8. The van der Waals surface area contributed by atoms with Crippen molar-refractivity contribution in [2.45, 2.75) is 37.0 Å². The van der Waals surface area contributed by atoms with E-state index < -0.39 is 0 Å². The molecular formula is C35H34Cl2N2O2. The van der Waals surface area contributed by atoms with Crippen molar-refractivity contribution in [2.24, 2.45) is 0 Å². The third-order valence-corrected chi connectivity index (χ3v) is 9.92. The van der Waals surface area contributed by atoms with E-state index in [1.54, 1.807) is 0 Å². The van der Waals surface area contributed by atoms with E-state index in [-0.39, 0.29) is 23.0 Å². The van der Waals surface area contributed by atoms with Gasteiger partial charge in [0.25, 0.3) is 5.91 Å². The van der Waals surface area contributed by atoms with Crippen LogP contribution in [0.25, 0.3) is 10.8 Å². The van der Waals surface area contributed by atoms with Gasteiger partial charge in [-0.1, -0.05) is 89.9 Å². The quantitative estimate of drug-likeness (QED) is 0.221. The van der Waals surface area contributed by atoms with Gasteiger partial charge in [0.2, 0.25) is 0 Å². The number of halogens is 2. The van der Waals surface area contributed by atoms with Crippen LogP contribution in [0, 0.1) is 0 Å². The molecule has 0 saturated carbocycles. The molecule has 0 bridgehead atoms. The van der Waals surface area contributed by atoms with Gasteiger partial charge in [0.1, 0.15) is 0 Å². The minimum atomic E-state index is -0.0155. The Bertz CT molecular complexity index is 1600.